The SMILES string of the molecule is CCOC(=O)C(C(=O)OCC)/C(CC(=O)c1ccccc1)=C(/c1ccccc1)c1ccccc1F. The summed E-state index contributed by atoms with van der Waals surface area (Å²) < 4.78 is 25.6. The van der Waals surface area contributed by atoms with Gasteiger partial charge in [-0.2, -0.15) is 0 Å². The molecule has 0 aliphatic heterocycles. The Balaban J connectivity index is 2.34. The lowest BCUT2D eigenvalue weighted by Crippen LogP contribution is -2.31. The number of esters is 2. The molecule has 0 fully saturated rings. The Morgan fingerprint density at radius 3 is 1.71 bits per heavy atom. The van der Waals surface area contributed by atoms with Gasteiger partial charge >= 0.3 is 11.9 Å². The Bertz CT molecular complexity index is 1180. The highest BCUT2D eigenvalue weighted by molar-refractivity contribution is 6.06. The molecule has 0 saturated carbocycles. The molecule has 0 aliphatic rings. The monoisotopic (exact) mass is 474 g/mol. The predicted octanol–water partition coefficient (Wildman–Crippen LogP) is 5.64. The first kappa shape index (κ1) is 25.6. The second kappa shape index (κ2) is 12.4. The van der Waals surface area contributed by atoms with E-state index in [1.54, 1.807) is 92.7 Å². The number of ketones is 1. The van der Waals surface area contributed by atoms with Crippen LogP contribution in [-0.2, 0) is 19.1 Å². The fourth-order valence-corrected chi connectivity index (χ4v) is 3.85. The molecule has 3 aromatic carbocycles. The zero-order valence-corrected chi connectivity index (χ0v) is 19.7. The molecule has 0 unspecified atom stereocenters. The van der Waals surface area contributed by atoms with E-state index in [1.165, 1.54) is 6.07 Å². The zero-order chi connectivity index (χ0) is 25.2. The van der Waals surface area contributed by atoms with E-state index in [0.29, 0.717) is 11.1 Å². The van der Waals surface area contributed by atoms with Crippen LogP contribution in [0.5, 0.6) is 0 Å². The first-order valence-electron chi connectivity index (χ1n) is 11.4. The van der Waals surface area contributed by atoms with E-state index in [0.717, 1.165) is 0 Å². The molecular formula is C29H27FO5. The molecule has 0 N–H and O–H groups in total. The van der Waals surface area contributed by atoms with Crippen molar-refractivity contribution in [3.63, 3.8) is 0 Å². The van der Waals surface area contributed by atoms with Crippen molar-refractivity contribution >= 4 is 23.3 Å². The summed E-state index contributed by atoms with van der Waals surface area (Å²) in [5, 5.41) is 0. The van der Waals surface area contributed by atoms with Crippen molar-refractivity contribution in [3.8, 4) is 0 Å². The van der Waals surface area contributed by atoms with Crippen LogP contribution in [0, 0.1) is 11.7 Å². The molecule has 0 aliphatic carbocycles. The van der Waals surface area contributed by atoms with Gasteiger partial charge in [-0.1, -0.05) is 78.9 Å². The first-order chi connectivity index (χ1) is 17.0. The maximum atomic E-state index is 15.2. The van der Waals surface area contributed by atoms with Crippen molar-refractivity contribution in [3.05, 3.63) is 113 Å². The van der Waals surface area contributed by atoms with E-state index in [9.17, 15) is 14.4 Å². The third kappa shape index (κ3) is 6.29. The normalized spacial score (nSPS) is 11.5. The van der Waals surface area contributed by atoms with Gasteiger partial charge < -0.3 is 9.47 Å². The summed E-state index contributed by atoms with van der Waals surface area (Å²) in [6.07, 6.45) is -0.315. The van der Waals surface area contributed by atoms with E-state index in [4.69, 9.17) is 9.47 Å². The summed E-state index contributed by atoms with van der Waals surface area (Å²) in [4.78, 5) is 39.6. The van der Waals surface area contributed by atoms with E-state index >= 15 is 4.39 Å². The number of rotatable bonds is 10. The number of hydrogen-bond acceptors (Lipinski definition) is 5. The molecule has 35 heavy (non-hydrogen) atoms. The number of hydrogen-bond donors (Lipinski definition) is 0. The molecule has 0 aromatic heterocycles. The van der Waals surface area contributed by atoms with Gasteiger partial charge in [0.15, 0.2) is 11.7 Å². The molecule has 180 valence electrons. The quantitative estimate of drug-likeness (QED) is 0.216. The van der Waals surface area contributed by atoms with Gasteiger partial charge in [0.1, 0.15) is 5.82 Å². The zero-order valence-electron chi connectivity index (χ0n) is 19.7. The molecule has 3 rings (SSSR count). The van der Waals surface area contributed by atoms with Crippen LogP contribution in [-0.4, -0.2) is 30.9 Å². The predicted molar refractivity (Wildman–Crippen MR) is 131 cm³/mol. The third-order valence-corrected chi connectivity index (χ3v) is 5.37. The molecule has 6 heteroatoms. The van der Waals surface area contributed by atoms with E-state index in [2.05, 4.69) is 0 Å². The number of carbonyl (C=O) groups is 3. The van der Waals surface area contributed by atoms with Crippen LogP contribution in [0.4, 0.5) is 4.39 Å². The maximum Gasteiger partial charge on any atom is 0.324 e. The minimum absolute atomic E-state index is 0.0228. The van der Waals surface area contributed by atoms with E-state index in [1.807, 2.05) is 0 Å². The average molecular weight is 475 g/mol. The molecule has 0 radical (unpaired) electrons. The van der Waals surface area contributed by atoms with Crippen molar-refractivity contribution in [2.24, 2.45) is 5.92 Å². The second-order valence-corrected chi connectivity index (χ2v) is 7.65. The second-order valence-electron chi connectivity index (χ2n) is 7.65. The molecule has 0 bridgehead atoms. The molecule has 0 saturated heterocycles. The standard InChI is InChI=1S/C29H27FO5/c1-3-34-28(32)27(29(33)35-4-2)23(19-25(31)20-13-7-5-8-14-20)26(21-15-9-6-10-16-21)22-17-11-12-18-24(22)30/h5-18,27H,3-4,19H2,1-2H3/b26-23-. The number of Topliss-reactive ketones (excluding diaryl/α,β-unsaturated/α-hetero) is 1. The van der Waals surface area contributed by atoms with Crippen molar-refractivity contribution in [2.75, 3.05) is 13.2 Å². The molecule has 0 spiro atoms. The van der Waals surface area contributed by atoms with Crippen LogP contribution >= 0.6 is 0 Å². The van der Waals surface area contributed by atoms with Crippen molar-refractivity contribution in [2.45, 2.75) is 20.3 Å². The summed E-state index contributed by atoms with van der Waals surface area (Å²) in [5.41, 5.74) is 1.50. The van der Waals surface area contributed by atoms with Gasteiger partial charge in [0.05, 0.1) is 13.2 Å². The van der Waals surface area contributed by atoms with E-state index < -0.39 is 23.7 Å². The van der Waals surface area contributed by atoms with Gasteiger partial charge in [-0.05, 0) is 36.6 Å². The number of halogens is 1. The molecule has 0 heterocycles. The summed E-state index contributed by atoms with van der Waals surface area (Å²) in [7, 11) is 0. The van der Waals surface area contributed by atoms with Crippen LogP contribution in [0.1, 0.15) is 41.8 Å². The molecule has 0 atom stereocenters. The highest BCUT2D eigenvalue weighted by Crippen LogP contribution is 2.36. The minimum Gasteiger partial charge on any atom is -0.465 e. The number of ether oxygens (including phenoxy) is 2. The van der Waals surface area contributed by atoms with Crippen molar-refractivity contribution in [1.29, 1.82) is 0 Å². The Kier molecular flexibility index (Phi) is 9.07. The number of benzene rings is 3. The molecule has 5 nitrogen and oxygen atoms in total. The van der Waals surface area contributed by atoms with Gasteiger partial charge in [-0.3, -0.25) is 14.4 Å². The van der Waals surface area contributed by atoms with E-state index in [-0.39, 0.29) is 42.1 Å². The summed E-state index contributed by atoms with van der Waals surface area (Å²) in [6.45, 7) is 3.28. The van der Waals surface area contributed by atoms with Crippen molar-refractivity contribution in [1.82, 2.24) is 0 Å². The van der Waals surface area contributed by atoms with Crippen LogP contribution in [0.3, 0.4) is 0 Å². The van der Waals surface area contributed by atoms with Gasteiger partial charge in [0.25, 0.3) is 0 Å². The Morgan fingerprint density at radius 1 is 0.714 bits per heavy atom. The molecular weight excluding hydrogens is 447 g/mol. The fraction of sp³-hybridized carbons (Fsp3) is 0.207. The largest absolute Gasteiger partial charge is 0.465 e. The summed E-state index contributed by atoms with van der Waals surface area (Å²) in [6, 6.07) is 23.4. The Morgan fingerprint density at radius 2 is 1.20 bits per heavy atom. The topological polar surface area (TPSA) is 69.7 Å². The van der Waals surface area contributed by atoms with Gasteiger partial charge in [0, 0.05) is 17.5 Å². The van der Waals surface area contributed by atoms with Gasteiger partial charge in [0.2, 0.25) is 0 Å². The van der Waals surface area contributed by atoms with Crippen LogP contribution in [0.15, 0.2) is 90.5 Å². The van der Waals surface area contributed by atoms with Crippen LogP contribution in [0.2, 0.25) is 0 Å². The maximum absolute atomic E-state index is 15.2. The average Bonchev–Trinajstić information content (AvgIpc) is 2.87. The summed E-state index contributed by atoms with van der Waals surface area (Å²) in [5.74, 6) is -4.14. The smallest absolute Gasteiger partial charge is 0.324 e. The highest BCUT2D eigenvalue weighted by atomic mass is 19.1. The fourth-order valence-electron chi connectivity index (χ4n) is 3.85. The Labute approximate surface area is 204 Å². The third-order valence-electron chi connectivity index (χ3n) is 5.37. The van der Waals surface area contributed by atoms with Crippen LogP contribution < -0.4 is 0 Å². The lowest BCUT2D eigenvalue weighted by molar-refractivity contribution is -0.159. The molecule has 3 aromatic rings. The van der Waals surface area contributed by atoms with Crippen molar-refractivity contribution < 1.29 is 28.2 Å². The first-order valence-corrected chi connectivity index (χ1v) is 11.4. The van der Waals surface area contributed by atoms with Gasteiger partial charge in [-0.15, -0.1) is 0 Å². The Hall–Kier alpha value is -4.06. The lowest BCUT2D eigenvalue weighted by Gasteiger charge is -2.23. The van der Waals surface area contributed by atoms with Crippen LogP contribution in [0.25, 0.3) is 5.57 Å². The minimum atomic E-state index is -1.54. The lowest BCUT2D eigenvalue weighted by atomic mass is 9.82. The highest BCUT2D eigenvalue weighted by Gasteiger charge is 2.37. The number of carbonyl (C=O) groups excluding carboxylic acids is 3. The summed E-state index contributed by atoms with van der Waals surface area (Å²) >= 11 is 0. The van der Waals surface area contributed by atoms with Gasteiger partial charge in [-0.25, -0.2) is 4.39 Å². The molecule has 0 amide bonds.